The summed E-state index contributed by atoms with van der Waals surface area (Å²) >= 11 is 1.82. The van der Waals surface area contributed by atoms with E-state index in [0.717, 1.165) is 42.7 Å². The van der Waals surface area contributed by atoms with Crippen LogP contribution >= 0.6 is 11.8 Å². The molecule has 1 saturated heterocycles. The molecule has 0 unspecified atom stereocenters. The predicted molar refractivity (Wildman–Crippen MR) is 117 cm³/mol. The predicted octanol–water partition coefficient (Wildman–Crippen LogP) is 3.77. The molecule has 3 heterocycles. The third-order valence-corrected chi connectivity index (χ3v) is 6.44. The zero-order chi connectivity index (χ0) is 19.9. The number of benzene rings is 1. The molecule has 3 aromatic rings. The maximum atomic E-state index is 4.58. The van der Waals surface area contributed by atoms with Gasteiger partial charge in [0.2, 0.25) is 0 Å². The van der Waals surface area contributed by atoms with E-state index in [1.165, 1.54) is 43.5 Å². The molecule has 0 N–H and O–H groups in total. The molecule has 0 atom stereocenters. The standard InChI is InChI=1S/C22H30N6S/c1-26-16-20(15-23-26)11-8-14-29-22-25-24-21(18-27-12-6-3-7-13-27)28(22)17-19-9-4-2-5-10-19/h2,4-5,9-10,15-16H,3,6-8,11-14,17-18H2,1H3. The molecule has 0 spiro atoms. The maximum Gasteiger partial charge on any atom is 0.191 e. The number of thioether (sulfide) groups is 1. The fraction of sp³-hybridized carbons (Fsp3) is 0.500. The van der Waals surface area contributed by atoms with Crippen molar-refractivity contribution in [1.82, 2.24) is 29.4 Å². The summed E-state index contributed by atoms with van der Waals surface area (Å²) in [6.07, 6.45) is 10.2. The van der Waals surface area contributed by atoms with Crippen LogP contribution < -0.4 is 0 Å². The molecule has 1 fully saturated rings. The fourth-order valence-corrected chi connectivity index (χ4v) is 4.72. The number of nitrogens with zero attached hydrogens (tertiary/aromatic N) is 6. The van der Waals surface area contributed by atoms with Crippen LogP contribution in [0.5, 0.6) is 0 Å². The summed E-state index contributed by atoms with van der Waals surface area (Å²) in [5, 5.41) is 14.4. The van der Waals surface area contributed by atoms with E-state index in [-0.39, 0.29) is 0 Å². The van der Waals surface area contributed by atoms with Gasteiger partial charge in [0.15, 0.2) is 5.16 Å². The first-order chi connectivity index (χ1) is 14.3. The molecular weight excluding hydrogens is 380 g/mol. The molecule has 1 aromatic carbocycles. The number of rotatable bonds is 9. The van der Waals surface area contributed by atoms with Gasteiger partial charge in [-0.2, -0.15) is 5.10 Å². The smallest absolute Gasteiger partial charge is 0.191 e. The molecule has 4 rings (SSSR count). The lowest BCUT2D eigenvalue weighted by Gasteiger charge is -2.26. The van der Waals surface area contributed by atoms with Gasteiger partial charge in [0, 0.05) is 19.0 Å². The Labute approximate surface area is 177 Å². The molecule has 0 bridgehead atoms. The second-order valence-electron chi connectivity index (χ2n) is 7.78. The summed E-state index contributed by atoms with van der Waals surface area (Å²) in [7, 11) is 1.97. The highest BCUT2D eigenvalue weighted by atomic mass is 32.2. The maximum absolute atomic E-state index is 4.58. The summed E-state index contributed by atoms with van der Waals surface area (Å²) in [6, 6.07) is 10.6. The van der Waals surface area contributed by atoms with Gasteiger partial charge < -0.3 is 4.57 Å². The number of aromatic nitrogens is 5. The summed E-state index contributed by atoms with van der Waals surface area (Å²) < 4.78 is 4.19. The summed E-state index contributed by atoms with van der Waals surface area (Å²) in [5.74, 6) is 2.12. The van der Waals surface area contributed by atoms with Crippen molar-refractivity contribution in [3.8, 4) is 0 Å². The molecule has 0 aliphatic carbocycles. The van der Waals surface area contributed by atoms with Gasteiger partial charge in [-0.15, -0.1) is 10.2 Å². The minimum absolute atomic E-state index is 0.835. The Balaban J connectivity index is 1.41. The van der Waals surface area contributed by atoms with Crippen LogP contribution in [-0.4, -0.2) is 48.3 Å². The Kier molecular flexibility index (Phi) is 7.00. The quantitative estimate of drug-likeness (QED) is 0.397. The topological polar surface area (TPSA) is 51.8 Å². The highest BCUT2D eigenvalue weighted by Crippen LogP contribution is 2.22. The monoisotopic (exact) mass is 410 g/mol. The van der Waals surface area contributed by atoms with Crippen LogP contribution in [0.25, 0.3) is 0 Å². The van der Waals surface area contributed by atoms with Crippen molar-refractivity contribution in [3.63, 3.8) is 0 Å². The second-order valence-corrected chi connectivity index (χ2v) is 8.84. The van der Waals surface area contributed by atoms with Gasteiger partial charge in [-0.25, -0.2) is 0 Å². The van der Waals surface area contributed by atoms with Gasteiger partial charge in [0.25, 0.3) is 0 Å². The van der Waals surface area contributed by atoms with E-state index >= 15 is 0 Å². The largest absolute Gasteiger partial charge is 0.300 e. The molecule has 1 aliphatic heterocycles. The Morgan fingerprint density at radius 1 is 0.966 bits per heavy atom. The van der Waals surface area contributed by atoms with E-state index in [9.17, 15) is 0 Å². The van der Waals surface area contributed by atoms with Crippen molar-refractivity contribution in [2.45, 2.75) is 50.4 Å². The Hall–Kier alpha value is -2.12. The minimum atomic E-state index is 0.835. The van der Waals surface area contributed by atoms with E-state index in [0.29, 0.717) is 0 Å². The number of aryl methyl sites for hydroxylation is 2. The van der Waals surface area contributed by atoms with E-state index < -0.39 is 0 Å². The van der Waals surface area contributed by atoms with Crippen LogP contribution in [-0.2, 0) is 26.6 Å². The normalized spacial score (nSPS) is 15.1. The molecule has 154 valence electrons. The molecule has 0 amide bonds. The number of likely N-dealkylation sites (tertiary alicyclic amines) is 1. The molecule has 29 heavy (non-hydrogen) atoms. The number of hydrogen-bond donors (Lipinski definition) is 0. The third kappa shape index (κ3) is 5.70. The van der Waals surface area contributed by atoms with Gasteiger partial charge >= 0.3 is 0 Å². The highest BCUT2D eigenvalue weighted by molar-refractivity contribution is 7.99. The lowest BCUT2D eigenvalue weighted by molar-refractivity contribution is 0.213. The van der Waals surface area contributed by atoms with Gasteiger partial charge in [-0.1, -0.05) is 48.5 Å². The molecule has 1 aliphatic rings. The van der Waals surface area contributed by atoms with E-state index in [2.05, 4.69) is 61.3 Å². The van der Waals surface area contributed by atoms with Crippen LogP contribution in [0, 0.1) is 0 Å². The van der Waals surface area contributed by atoms with Crippen molar-refractivity contribution in [2.24, 2.45) is 7.05 Å². The summed E-state index contributed by atoms with van der Waals surface area (Å²) in [4.78, 5) is 2.52. The number of hydrogen-bond acceptors (Lipinski definition) is 5. The molecule has 6 nitrogen and oxygen atoms in total. The van der Waals surface area contributed by atoms with Crippen LogP contribution in [0.4, 0.5) is 0 Å². The average molecular weight is 411 g/mol. The highest BCUT2D eigenvalue weighted by Gasteiger charge is 2.17. The van der Waals surface area contributed by atoms with Crippen LogP contribution in [0.1, 0.15) is 42.6 Å². The van der Waals surface area contributed by atoms with Gasteiger partial charge in [0.05, 0.1) is 19.3 Å². The average Bonchev–Trinajstić information content (AvgIpc) is 3.33. The second kappa shape index (κ2) is 10.1. The van der Waals surface area contributed by atoms with Crippen LogP contribution in [0.2, 0.25) is 0 Å². The van der Waals surface area contributed by atoms with Gasteiger partial charge in [-0.3, -0.25) is 9.58 Å². The first-order valence-corrected chi connectivity index (χ1v) is 11.6. The Bertz CT molecular complexity index is 882. The SMILES string of the molecule is Cn1cc(CCCSc2nnc(CN3CCCCC3)n2Cc2ccccc2)cn1. The van der Waals surface area contributed by atoms with Crippen molar-refractivity contribution in [1.29, 1.82) is 0 Å². The van der Waals surface area contributed by atoms with Crippen molar-refractivity contribution >= 4 is 11.8 Å². The lowest BCUT2D eigenvalue weighted by atomic mass is 10.1. The molecule has 7 heteroatoms. The Morgan fingerprint density at radius 3 is 2.55 bits per heavy atom. The van der Waals surface area contributed by atoms with E-state index in [4.69, 9.17) is 0 Å². The lowest BCUT2D eigenvalue weighted by Crippen LogP contribution is -2.30. The Morgan fingerprint density at radius 2 is 1.79 bits per heavy atom. The zero-order valence-electron chi connectivity index (χ0n) is 17.2. The van der Waals surface area contributed by atoms with Crippen LogP contribution in [0.15, 0.2) is 47.9 Å². The van der Waals surface area contributed by atoms with Crippen LogP contribution in [0.3, 0.4) is 0 Å². The van der Waals surface area contributed by atoms with Crippen molar-refractivity contribution in [3.05, 3.63) is 59.7 Å². The minimum Gasteiger partial charge on any atom is -0.300 e. The van der Waals surface area contributed by atoms with E-state index in [1.807, 2.05) is 29.7 Å². The first kappa shape index (κ1) is 20.2. The first-order valence-electron chi connectivity index (χ1n) is 10.6. The molecule has 0 saturated carbocycles. The van der Waals surface area contributed by atoms with Gasteiger partial charge in [-0.05, 0) is 49.9 Å². The van der Waals surface area contributed by atoms with E-state index in [1.54, 1.807) is 0 Å². The fourth-order valence-electron chi connectivity index (χ4n) is 3.83. The van der Waals surface area contributed by atoms with Crippen molar-refractivity contribution in [2.75, 3.05) is 18.8 Å². The number of piperidine rings is 1. The zero-order valence-corrected chi connectivity index (χ0v) is 18.0. The summed E-state index contributed by atoms with van der Waals surface area (Å²) in [6.45, 7) is 4.08. The van der Waals surface area contributed by atoms with Crippen molar-refractivity contribution < 1.29 is 0 Å². The summed E-state index contributed by atoms with van der Waals surface area (Å²) in [5.41, 5.74) is 2.59. The van der Waals surface area contributed by atoms with Gasteiger partial charge in [0.1, 0.15) is 5.82 Å². The molecule has 0 radical (unpaired) electrons. The molecule has 2 aromatic heterocycles. The molecular formula is C22H30N6S. The third-order valence-electron chi connectivity index (χ3n) is 5.39.